The van der Waals surface area contributed by atoms with Gasteiger partial charge in [0.1, 0.15) is 0 Å². The van der Waals surface area contributed by atoms with E-state index in [9.17, 15) is 9.59 Å². The Labute approximate surface area is 115 Å². The fourth-order valence-corrected chi connectivity index (χ4v) is 2.40. The summed E-state index contributed by atoms with van der Waals surface area (Å²) in [4.78, 5) is 23.0. The van der Waals surface area contributed by atoms with Gasteiger partial charge in [-0.05, 0) is 25.7 Å². The Balaban J connectivity index is 2.00. The molecule has 0 saturated heterocycles. The molecule has 1 fully saturated rings. The summed E-state index contributed by atoms with van der Waals surface area (Å²) in [6, 6.07) is 0.0845. The molecule has 4 N–H and O–H groups in total. The summed E-state index contributed by atoms with van der Waals surface area (Å²) in [5.74, 6) is 0.551. The van der Waals surface area contributed by atoms with Gasteiger partial charge >= 0.3 is 0 Å². The van der Waals surface area contributed by atoms with Crippen molar-refractivity contribution >= 4 is 11.8 Å². The van der Waals surface area contributed by atoms with Crippen LogP contribution in [-0.4, -0.2) is 30.9 Å². The number of hydrogen-bond donors (Lipinski definition) is 3. The minimum Gasteiger partial charge on any atom is -0.355 e. The van der Waals surface area contributed by atoms with Crippen LogP contribution in [0, 0.1) is 5.92 Å². The number of hydrogen-bond acceptors (Lipinski definition) is 3. The summed E-state index contributed by atoms with van der Waals surface area (Å²) in [7, 11) is 0. The molecule has 1 aliphatic carbocycles. The highest BCUT2D eigenvalue weighted by molar-refractivity contribution is 5.84. The molecule has 0 aromatic carbocycles. The van der Waals surface area contributed by atoms with E-state index in [1.54, 1.807) is 0 Å². The van der Waals surface area contributed by atoms with Crippen molar-refractivity contribution in [3.63, 3.8) is 0 Å². The fourth-order valence-electron chi connectivity index (χ4n) is 2.40. The Hall–Kier alpha value is -1.10. The molecule has 1 rings (SSSR count). The van der Waals surface area contributed by atoms with Crippen LogP contribution in [0.1, 0.15) is 51.9 Å². The van der Waals surface area contributed by atoms with Crippen molar-refractivity contribution in [3.05, 3.63) is 0 Å². The van der Waals surface area contributed by atoms with Crippen LogP contribution in [0.5, 0.6) is 0 Å². The van der Waals surface area contributed by atoms with Gasteiger partial charge in [0, 0.05) is 19.0 Å². The maximum atomic E-state index is 11.6. The SMILES string of the molecule is CC(N)CCNC(=O)CNC(=O)CCC1CCCC1. The van der Waals surface area contributed by atoms with Gasteiger partial charge in [-0.2, -0.15) is 0 Å². The van der Waals surface area contributed by atoms with Gasteiger partial charge in [-0.3, -0.25) is 9.59 Å². The number of carbonyl (C=O) groups is 2. The first kappa shape index (κ1) is 16.0. The Bertz CT molecular complexity index is 286. The molecular weight excluding hydrogens is 242 g/mol. The molecule has 1 atom stereocenters. The van der Waals surface area contributed by atoms with E-state index in [4.69, 9.17) is 5.73 Å². The van der Waals surface area contributed by atoms with Crippen molar-refractivity contribution in [2.24, 2.45) is 11.7 Å². The highest BCUT2D eigenvalue weighted by atomic mass is 16.2. The van der Waals surface area contributed by atoms with Gasteiger partial charge in [0.15, 0.2) is 0 Å². The van der Waals surface area contributed by atoms with E-state index in [0.717, 1.165) is 12.8 Å². The highest BCUT2D eigenvalue weighted by Crippen LogP contribution is 2.28. The van der Waals surface area contributed by atoms with Gasteiger partial charge in [0.2, 0.25) is 11.8 Å². The van der Waals surface area contributed by atoms with Crippen LogP contribution in [0.15, 0.2) is 0 Å². The zero-order valence-corrected chi connectivity index (χ0v) is 11.9. The standard InChI is InChI=1S/C14H27N3O2/c1-11(15)8-9-16-14(19)10-17-13(18)7-6-12-4-2-3-5-12/h11-12H,2-10,15H2,1H3,(H,16,19)(H,17,18). The molecule has 0 bridgehead atoms. The van der Waals surface area contributed by atoms with Crippen molar-refractivity contribution in [3.8, 4) is 0 Å². The van der Waals surface area contributed by atoms with Crippen molar-refractivity contribution < 1.29 is 9.59 Å². The van der Waals surface area contributed by atoms with Gasteiger partial charge in [-0.1, -0.05) is 25.7 Å². The lowest BCUT2D eigenvalue weighted by Crippen LogP contribution is -2.38. The zero-order valence-electron chi connectivity index (χ0n) is 11.9. The Morgan fingerprint density at radius 3 is 2.53 bits per heavy atom. The molecular formula is C14H27N3O2. The predicted octanol–water partition coefficient (Wildman–Crippen LogP) is 0.926. The minimum absolute atomic E-state index is 0.0192. The highest BCUT2D eigenvalue weighted by Gasteiger charge is 2.16. The normalized spacial score (nSPS) is 17.2. The smallest absolute Gasteiger partial charge is 0.239 e. The van der Waals surface area contributed by atoms with Gasteiger partial charge in [-0.15, -0.1) is 0 Å². The van der Waals surface area contributed by atoms with Crippen LogP contribution in [-0.2, 0) is 9.59 Å². The maximum Gasteiger partial charge on any atom is 0.239 e. The lowest BCUT2D eigenvalue weighted by atomic mass is 10.0. The number of nitrogens with two attached hydrogens (primary N) is 1. The van der Waals surface area contributed by atoms with Gasteiger partial charge in [-0.25, -0.2) is 0 Å². The molecule has 1 unspecified atom stereocenters. The molecule has 0 aromatic heterocycles. The predicted molar refractivity (Wildman–Crippen MR) is 75.5 cm³/mol. The first-order valence-corrected chi connectivity index (χ1v) is 7.37. The number of rotatable bonds is 8. The summed E-state index contributed by atoms with van der Waals surface area (Å²) in [6.07, 6.45) is 7.36. The third-order valence-corrected chi connectivity index (χ3v) is 3.62. The summed E-state index contributed by atoms with van der Waals surface area (Å²) in [5.41, 5.74) is 5.58. The molecule has 5 nitrogen and oxygen atoms in total. The molecule has 0 aromatic rings. The molecule has 0 spiro atoms. The summed E-state index contributed by atoms with van der Waals surface area (Å²) in [6.45, 7) is 2.54. The molecule has 0 radical (unpaired) electrons. The summed E-state index contributed by atoms with van der Waals surface area (Å²) >= 11 is 0. The average molecular weight is 269 g/mol. The second-order valence-corrected chi connectivity index (χ2v) is 5.58. The van der Waals surface area contributed by atoms with Crippen LogP contribution in [0.3, 0.4) is 0 Å². The van der Waals surface area contributed by atoms with E-state index >= 15 is 0 Å². The molecule has 0 heterocycles. The molecule has 5 heteroatoms. The van der Waals surface area contributed by atoms with Gasteiger partial charge < -0.3 is 16.4 Å². The maximum absolute atomic E-state index is 11.6. The second kappa shape index (κ2) is 8.91. The number of nitrogens with one attached hydrogen (secondary N) is 2. The Morgan fingerprint density at radius 1 is 1.21 bits per heavy atom. The zero-order chi connectivity index (χ0) is 14.1. The lowest BCUT2D eigenvalue weighted by Gasteiger charge is -2.10. The van der Waals surface area contributed by atoms with E-state index in [2.05, 4.69) is 10.6 Å². The van der Waals surface area contributed by atoms with Crippen molar-refractivity contribution in [1.29, 1.82) is 0 Å². The summed E-state index contributed by atoms with van der Waals surface area (Å²) < 4.78 is 0. The summed E-state index contributed by atoms with van der Waals surface area (Å²) in [5, 5.41) is 5.40. The fraction of sp³-hybridized carbons (Fsp3) is 0.857. The van der Waals surface area contributed by atoms with Crippen molar-refractivity contribution in [2.45, 2.75) is 57.9 Å². The molecule has 1 saturated carbocycles. The molecule has 110 valence electrons. The first-order valence-electron chi connectivity index (χ1n) is 7.37. The van der Waals surface area contributed by atoms with Crippen LogP contribution < -0.4 is 16.4 Å². The van der Waals surface area contributed by atoms with Gasteiger partial charge in [0.25, 0.3) is 0 Å². The van der Waals surface area contributed by atoms with E-state index in [1.807, 2.05) is 6.92 Å². The number of amides is 2. The minimum atomic E-state index is -0.144. The van der Waals surface area contributed by atoms with E-state index in [-0.39, 0.29) is 24.4 Å². The molecule has 19 heavy (non-hydrogen) atoms. The average Bonchev–Trinajstić information content (AvgIpc) is 2.86. The Kier molecular flexibility index (Phi) is 7.48. The van der Waals surface area contributed by atoms with E-state index in [1.165, 1.54) is 25.7 Å². The van der Waals surface area contributed by atoms with Crippen molar-refractivity contribution in [2.75, 3.05) is 13.1 Å². The van der Waals surface area contributed by atoms with Crippen LogP contribution in [0.4, 0.5) is 0 Å². The largest absolute Gasteiger partial charge is 0.355 e. The van der Waals surface area contributed by atoms with Crippen LogP contribution in [0.2, 0.25) is 0 Å². The molecule has 1 aliphatic rings. The van der Waals surface area contributed by atoms with Gasteiger partial charge in [0.05, 0.1) is 6.54 Å². The molecule has 2 amide bonds. The van der Waals surface area contributed by atoms with E-state index in [0.29, 0.717) is 18.9 Å². The molecule has 0 aliphatic heterocycles. The van der Waals surface area contributed by atoms with Crippen LogP contribution in [0.25, 0.3) is 0 Å². The quantitative estimate of drug-likeness (QED) is 0.613. The number of carbonyl (C=O) groups excluding carboxylic acids is 2. The second-order valence-electron chi connectivity index (χ2n) is 5.58. The van der Waals surface area contributed by atoms with Crippen molar-refractivity contribution in [1.82, 2.24) is 10.6 Å². The third kappa shape index (κ3) is 7.82. The monoisotopic (exact) mass is 269 g/mol. The third-order valence-electron chi connectivity index (χ3n) is 3.62. The first-order chi connectivity index (χ1) is 9.08. The Morgan fingerprint density at radius 2 is 1.89 bits per heavy atom. The van der Waals surface area contributed by atoms with Crippen LogP contribution >= 0.6 is 0 Å². The van der Waals surface area contributed by atoms with E-state index < -0.39 is 0 Å². The lowest BCUT2D eigenvalue weighted by molar-refractivity contribution is -0.126. The topological polar surface area (TPSA) is 84.2 Å².